The number of rotatable bonds is 5. The van der Waals surface area contributed by atoms with Crippen LogP contribution in [0.4, 0.5) is 5.69 Å². The Kier molecular flexibility index (Phi) is 5.23. The topological polar surface area (TPSA) is 18.5 Å². The normalized spacial score (nSPS) is 18.3. The Bertz CT molecular complexity index is 368. The molecule has 0 amide bonds. The average molecular weight is 261 g/mol. The SMILES string of the molecule is Cc1ccc(N(C)CC(C)CN2CCNCC2)cc1. The number of benzene rings is 1. The molecule has 2 rings (SSSR count). The lowest BCUT2D eigenvalue weighted by Gasteiger charge is -2.31. The van der Waals surface area contributed by atoms with Crippen LogP contribution in [0.1, 0.15) is 12.5 Å². The first-order valence-corrected chi connectivity index (χ1v) is 7.36. The first-order chi connectivity index (χ1) is 9.15. The maximum atomic E-state index is 3.41. The van der Waals surface area contributed by atoms with Gasteiger partial charge in [0.2, 0.25) is 0 Å². The highest BCUT2D eigenvalue weighted by molar-refractivity contribution is 5.46. The molecule has 1 aromatic carbocycles. The molecule has 1 atom stereocenters. The van der Waals surface area contributed by atoms with Gasteiger partial charge in [-0.05, 0) is 25.0 Å². The van der Waals surface area contributed by atoms with Crippen molar-refractivity contribution in [2.75, 3.05) is 51.2 Å². The summed E-state index contributed by atoms with van der Waals surface area (Å²) >= 11 is 0. The standard InChI is InChI=1S/C16H27N3/c1-14-4-6-16(7-5-14)18(3)12-15(2)13-19-10-8-17-9-11-19/h4-7,15,17H,8-13H2,1-3H3. The van der Waals surface area contributed by atoms with Crippen LogP contribution >= 0.6 is 0 Å². The fraction of sp³-hybridized carbons (Fsp3) is 0.625. The van der Waals surface area contributed by atoms with Gasteiger partial charge in [-0.1, -0.05) is 24.6 Å². The molecule has 0 radical (unpaired) electrons. The van der Waals surface area contributed by atoms with E-state index >= 15 is 0 Å². The summed E-state index contributed by atoms with van der Waals surface area (Å²) in [6, 6.07) is 8.80. The summed E-state index contributed by atoms with van der Waals surface area (Å²) in [6.07, 6.45) is 0. The zero-order valence-corrected chi connectivity index (χ0v) is 12.5. The van der Waals surface area contributed by atoms with Crippen molar-refractivity contribution < 1.29 is 0 Å². The predicted octanol–water partition coefficient (Wildman–Crippen LogP) is 1.97. The van der Waals surface area contributed by atoms with Crippen LogP contribution in [0.15, 0.2) is 24.3 Å². The third-order valence-electron chi connectivity index (χ3n) is 3.84. The highest BCUT2D eigenvalue weighted by Gasteiger charge is 2.14. The van der Waals surface area contributed by atoms with Gasteiger partial charge in [-0.2, -0.15) is 0 Å². The molecule has 1 N–H and O–H groups in total. The molecule has 1 heterocycles. The van der Waals surface area contributed by atoms with Crippen LogP contribution in [-0.4, -0.2) is 51.2 Å². The van der Waals surface area contributed by atoms with E-state index in [9.17, 15) is 0 Å². The van der Waals surface area contributed by atoms with Crippen LogP contribution < -0.4 is 10.2 Å². The minimum atomic E-state index is 0.699. The summed E-state index contributed by atoms with van der Waals surface area (Å²) in [5.74, 6) is 0.699. The predicted molar refractivity (Wildman–Crippen MR) is 82.9 cm³/mol. The van der Waals surface area contributed by atoms with E-state index in [2.05, 4.69) is 60.3 Å². The van der Waals surface area contributed by atoms with Gasteiger partial charge < -0.3 is 15.1 Å². The summed E-state index contributed by atoms with van der Waals surface area (Å²) < 4.78 is 0. The van der Waals surface area contributed by atoms with Crippen molar-refractivity contribution in [3.63, 3.8) is 0 Å². The van der Waals surface area contributed by atoms with Gasteiger partial charge in [-0.15, -0.1) is 0 Å². The van der Waals surface area contributed by atoms with E-state index < -0.39 is 0 Å². The highest BCUT2D eigenvalue weighted by atomic mass is 15.2. The minimum Gasteiger partial charge on any atom is -0.374 e. The molecule has 1 aliphatic heterocycles. The molecule has 0 aliphatic carbocycles. The van der Waals surface area contributed by atoms with Crippen LogP contribution in [0.25, 0.3) is 0 Å². The van der Waals surface area contributed by atoms with Gasteiger partial charge >= 0.3 is 0 Å². The Hall–Kier alpha value is -1.06. The van der Waals surface area contributed by atoms with Crippen LogP contribution in [0, 0.1) is 12.8 Å². The van der Waals surface area contributed by atoms with E-state index in [0.717, 1.165) is 19.6 Å². The lowest BCUT2D eigenvalue weighted by atomic mass is 10.1. The Morgan fingerprint density at radius 2 is 1.84 bits per heavy atom. The van der Waals surface area contributed by atoms with Gasteiger partial charge in [-0.3, -0.25) is 0 Å². The fourth-order valence-corrected chi connectivity index (χ4v) is 2.76. The van der Waals surface area contributed by atoms with E-state index in [4.69, 9.17) is 0 Å². The molecule has 19 heavy (non-hydrogen) atoms. The smallest absolute Gasteiger partial charge is 0.0363 e. The number of aryl methyl sites for hydroxylation is 1. The first-order valence-electron chi connectivity index (χ1n) is 7.36. The van der Waals surface area contributed by atoms with E-state index in [-0.39, 0.29) is 0 Å². The fourth-order valence-electron chi connectivity index (χ4n) is 2.76. The molecule has 1 saturated heterocycles. The second-order valence-corrected chi connectivity index (χ2v) is 5.87. The Morgan fingerprint density at radius 1 is 1.21 bits per heavy atom. The molecule has 0 saturated carbocycles. The largest absolute Gasteiger partial charge is 0.374 e. The molecule has 1 unspecified atom stereocenters. The Labute approximate surface area is 117 Å². The average Bonchev–Trinajstić information content (AvgIpc) is 2.40. The lowest BCUT2D eigenvalue weighted by Crippen LogP contribution is -2.46. The van der Waals surface area contributed by atoms with Gasteiger partial charge in [0.25, 0.3) is 0 Å². The third kappa shape index (κ3) is 4.51. The molecular formula is C16H27N3. The summed E-state index contributed by atoms with van der Waals surface area (Å²) in [6.45, 7) is 11.5. The van der Waals surface area contributed by atoms with Gasteiger partial charge in [0.15, 0.2) is 0 Å². The van der Waals surface area contributed by atoms with E-state index in [0.29, 0.717) is 5.92 Å². The molecule has 3 heteroatoms. The van der Waals surface area contributed by atoms with E-state index in [1.54, 1.807) is 0 Å². The minimum absolute atomic E-state index is 0.699. The van der Waals surface area contributed by atoms with Crippen LogP contribution in [0.3, 0.4) is 0 Å². The first kappa shape index (κ1) is 14.4. The van der Waals surface area contributed by atoms with Crippen molar-refractivity contribution in [3.8, 4) is 0 Å². The molecule has 0 aromatic heterocycles. The maximum Gasteiger partial charge on any atom is 0.0363 e. The summed E-state index contributed by atoms with van der Waals surface area (Å²) in [5, 5.41) is 3.41. The van der Waals surface area contributed by atoms with Crippen molar-refractivity contribution in [1.82, 2.24) is 10.2 Å². The zero-order valence-electron chi connectivity index (χ0n) is 12.5. The van der Waals surface area contributed by atoms with Gasteiger partial charge in [0, 0.05) is 52.0 Å². The van der Waals surface area contributed by atoms with Crippen molar-refractivity contribution in [3.05, 3.63) is 29.8 Å². The van der Waals surface area contributed by atoms with Crippen LogP contribution in [0.2, 0.25) is 0 Å². The lowest BCUT2D eigenvalue weighted by molar-refractivity contribution is 0.213. The zero-order chi connectivity index (χ0) is 13.7. The third-order valence-corrected chi connectivity index (χ3v) is 3.84. The molecule has 0 spiro atoms. The Morgan fingerprint density at radius 3 is 2.47 bits per heavy atom. The van der Waals surface area contributed by atoms with Crippen LogP contribution in [0.5, 0.6) is 0 Å². The second-order valence-electron chi connectivity index (χ2n) is 5.87. The number of nitrogens with one attached hydrogen (secondary N) is 1. The number of hydrogen-bond donors (Lipinski definition) is 1. The molecule has 1 aliphatic rings. The Balaban J connectivity index is 1.80. The molecule has 0 bridgehead atoms. The quantitative estimate of drug-likeness (QED) is 0.874. The maximum absolute atomic E-state index is 3.41. The monoisotopic (exact) mass is 261 g/mol. The highest BCUT2D eigenvalue weighted by Crippen LogP contribution is 2.15. The summed E-state index contributed by atoms with van der Waals surface area (Å²) in [4.78, 5) is 4.94. The van der Waals surface area contributed by atoms with Gasteiger partial charge in [0.1, 0.15) is 0 Å². The molecule has 1 fully saturated rings. The van der Waals surface area contributed by atoms with Crippen molar-refractivity contribution in [1.29, 1.82) is 0 Å². The molecule has 3 nitrogen and oxygen atoms in total. The van der Waals surface area contributed by atoms with E-state index in [1.165, 1.54) is 30.9 Å². The molecular weight excluding hydrogens is 234 g/mol. The molecule has 1 aromatic rings. The van der Waals surface area contributed by atoms with Crippen LogP contribution in [-0.2, 0) is 0 Å². The number of nitrogens with zero attached hydrogens (tertiary/aromatic N) is 2. The number of hydrogen-bond acceptors (Lipinski definition) is 3. The summed E-state index contributed by atoms with van der Waals surface area (Å²) in [5.41, 5.74) is 2.64. The van der Waals surface area contributed by atoms with Crippen molar-refractivity contribution >= 4 is 5.69 Å². The van der Waals surface area contributed by atoms with Crippen molar-refractivity contribution in [2.45, 2.75) is 13.8 Å². The van der Waals surface area contributed by atoms with Crippen molar-refractivity contribution in [2.24, 2.45) is 5.92 Å². The van der Waals surface area contributed by atoms with E-state index in [1.807, 2.05) is 0 Å². The summed E-state index contributed by atoms with van der Waals surface area (Å²) in [7, 11) is 2.19. The number of piperazine rings is 1. The molecule has 106 valence electrons. The van der Waals surface area contributed by atoms with Gasteiger partial charge in [-0.25, -0.2) is 0 Å². The van der Waals surface area contributed by atoms with Gasteiger partial charge in [0.05, 0.1) is 0 Å². The second kappa shape index (κ2) is 6.92. The number of anilines is 1.